The first-order chi connectivity index (χ1) is 7.69. The van der Waals surface area contributed by atoms with E-state index in [9.17, 15) is 4.39 Å². The molecule has 2 aromatic rings. The van der Waals surface area contributed by atoms with Gasteiger partial charge in [-0.05, 0) is 24.3 Å². The van der Waals surface area contributed by atoms with E-state index in [0.29, 0.717) is 17.3 Å². The normalized spacial score (nSPS) is 10.2. The van der Waals surface area contributed by atoms with Gasteiger partial charge >= 0.3 is 0 Å². The molecule has 3 nitrogen and oxygen atoms in total. The van der Waals surface area contributed by atoms with Crippen molar-refractivity contribution >= 4 is 11.6 Å². The summed E-state index contributed by atoms with van der Waals surface area (Å²) in [6, 6.07) is 7.35. The molecule has 0 aliphatic rings. The van der Waals surface area contributed by atoms with Gasteiger partial charge in [-0.25, -0.2) is 9.37 Å². The van der Waals surface area contributed by atoms with Gasteiger partial charge in [-0.3, -0.25) is 0 Å². The first kappa shape index (κ1) is 10.8. The molecule has 0 bridgehead atoms. The van der Waals surface area contributed by atoms with Crippen LogP contribution in [0, 0.1) is 5.82 Å². The Morgan fingerprint density at radius 1 is 1.19 bits per heavy atom. The molecule has 0 saturated carbocycles. The van der Waals surface area contributed by atoms with E-state index in [2.05, 4.69) is 9.97 Å². The monoisotopic (exact) mass is 238 g/mol. The molecule has 0 amide bonds. The van der Waals surface area contributed by atoms with Gasteiger partial charge in [-0.1, -0.05) is 11.6 Å². The summed E-state index contributed by atoms with van der Waals surface area (Å²) in [4.78, 5) is 8.15. The summed E-state index contributed by atoms with van der Waals surface area (Å²) < 4.78 is 17.7. The zero-order chi connectivity index (χ0) is 11.5. The van der Waals surface area contributed by atoms with Crippen LogP contribution in [-0.4, -0.2) is 17.1 Å². The first-order valence-corrected chi connectivity index (χ1v) is 4.91. The highest BCUT2D eigenvalue weighted by Crippen LogP contribution is 2.21. The topological polar surface area (TPSA) is 35.0 Å². The molecule has 0 atom stereocenters. The second kappa shape index (κ2) is 4.45. The molecule has 5 heteroatoms. The maximum Gasteiger partial charge on any atom is 0.218 e. The number of ether oxygens (including phenoxy) is 1. The molecular weight excluding hydrogens is 231 g/mol. The number of nitrogens with zero attached hydrogens (tertiary/aromatic N) is 2. The van der Waals surface area contributed by atoms with E-state index in [1.54, 1.807) is 12.1 Å². The van der Waals surface area contributed by atoms with Crippen molar-refractivity contribution in [3.63, 3.8) is 0 Å². The van der Waals surface area contributed by atoms with Crippen LogP contribution in [0.3, 0.4) is 0 Å². The summed E-state index contributed by atoms with van der Waals surface area (Å²) in [5, 5.41) is 0.283. The van der Waals surface area contributed by atoms with Gasteiger partial charge < -0.3 is 4.74 Å². The SMILES string of the molecule is COc1cc(Cl)nc(-c2ccc(F)cc2)n1. The van der Waals surface area contributed by atoms with Crippen LogP contribution >= 0.6 is 11.6 Å². The summed E-state index contributed by atoms with van der Waals surface area (Å²) in [6.07, 6.45) is 0. The summed E-state index contributed by atoms with van der Waals surface area (Å²) in [5.74, 6) is 0.474. The highest BCUT2D eigenvalue weighted by Gasteiger charge is 2.06. The van der Waals surface area contributed by atoms with Crippen LogP contribution in [0.1, 0.15) is 0 Å². The van der Waals surface area contributed by atoms with Gasteiger partial charge in [0, 0.05) is 11.6 Å². The van der Waals surface area contributed by atoms with E-state index in [4.69, 9.17) is 16.3 Å². The molecule has 82 valence electrons. The quantitative estimate of drug-likeness (QED) is 0.755. The van der Waals surface area contributed by atoms with E-state index in [-0.39, 0.29) is 11.0 Å². The van der Waals surface area contributed by atoms with Crippen molar-refractivity contribution in [2.75, 3.05) is 7.11 Å². The minimum atomic E-state index is -0.308. The summed E-state index contributed by atoms with van der Waals surface area (Å²) in [5.41, 5.74) is 0.683. The Morgan fingerprint density at radius 2 is 1.88 bits per heavy atom. The lowest BCUT2D eigenvalue weighted by Crippen LogP contribution is -1.94. The molecule has 0 N–H and O–H groups in total. The van der Waals surface area contributed by atoms with Gasteiger partial charge in [-0.2, -0.15) is 4.98 Å². The van der Waals surface area contributed by atoms with Crippen molar-refractivity contribution in [1.29, 1.82) is 0 Å². The van der Waals surface area contributed by atoms with Gasteiger partial charge in [0.25, 0.3) is 0 Å². The van der Waals surface area contributed by atoms with Crippen molar-refractivity contribution in [1.82, 2.24) is 9.97 Å². The van der Waals surface area contributed by atoms with Crippen molar-refractivity contribution in [2.24, 2.45) is 0 Å². The predicted octanol–water partition coefficient (Wildman–Crippen LogP) is 2.94. The lowest BCUT2D eigenvalue weighted by Gasteiger charge is -2.03. The van der Waals surface area contributed by atoms with E-state index in [1.165, 1.54) is 25.3 Å². The van der Waals surface area contributed by atoms with E-state index in [0.717, 1.165) is 0 Å². The summed E-state index contributed by atoms with van der Waals surface area (Å²) >= 11 is 5.80. The Bertz CT molecular complexity index is 502. The zero-order valence-corrected chi connectivity index (χ0v) is 9.20. The minimum absolute atomic E-state index is 0.283. The Balaban J connectivity index is 2.47. The zero-order valence-electron chi connectivity index (χ0n) is 8.45. The van der Waals surface area contributed by atoms with E-state index >= 15 is 0 Å². The van der Waals surface area contributed by atoms with Crippen molar-refractivity contribution < 1.29 is 9.13 Å². The van der Waals surface area contributed by atoms with Crippen LogP contribution in [-0.2, 0) is 0 Å². The van der Waals surface area contributed by atoms with Crippen molar-refractivity contribution in [2.45, 2.75) is 0 Å². The van der Waals surface area contributed by atoms with Crippen LogP contribution in [0.5, 0.6) is 5.88 Å². The van der Waals surface area contributed by atoms with Crippen LogP contribution in [0.15, 0.2) is 30.3 Å². The fraction of sp³-hybridized carbons (Fsp3) is 0.0909. The number of hydrogen-bond acceptors (Lipinski definition) is 3. The standard InChI is InChI=1S/C11H8ClFN2O/c1-16-10-6-9(12)14-11(15-10)7-2-4-8(13)5-3-7/h2-6H,1H3. The van der Waals surface area contributed by atoms with Crippen LogP contribution in [0.2, 0.25) is 5.15 Å². The Morgan fingerprint density at radius 3 is 2.50 bits per heavy atom. The molecule has 16 heavy (non-hydrogen) atoms. The Kier molecular flexibility index (Phi) is 3.01. The molecule has 0 radical (unpaired) electrons. The van der Waals surface area contributed by atoms with E-state index < -0.39 is 0 Å². The lowest BCUT2D eigenvalue weighted by atomic mass is 10.2. The second-order valence-corrected chi connectivity index (χ2v) is 3.45. The average Bonchev–Trinajstić information content (AvgIpc) is 2.29. The van der Waals surface area contributed by atoms with Gasteiger partial charge in [0.2, 0.25) is 5.88 Å². The molecule has 1 heterocycles. The summed E-state index contributed by atoms with van der Waals surface area (Å²) in [7, 11) is 1.49. The molecule has 2 rings (SSSR count). The molecule has 0 aliphatic heterocycles. The van der Waals surface area contributed by atoms with Gasteiger partial charge in [0.15, 0.2) is 5.82 Å². The molecule has 1 aromatic heterocycles. The number of methoxy groups -OCH3 is 1. The largest absolute Gasteiger partial charge is 0.481 e. The number of benzene rings is 1. The molecule has 1 aromatic carbocycles. The maximum atomic E-state index is 12.7. The Hall–Kier alpha value is -1.68. The molecular formula is C11H8ClFN2O. The van der Waals surface area contributed by atoms with E-state index in [1.807, 2.05) is 0 Å². The molecule has 0 fully saturated rings. The molecule has 0 spiro atoms. The first-order valence-electron chi connectivity index (χ1n) is 4.53. The average molecular weight is 239 g/mol. The van der Waals surface area contributed by atoms with Crippen molar-refractivity contribution in [3.05, 3.63) is 41.3 Å². The molecule has 0 aliphatic carbocycles. The van der Waals surface area contributed by atoms with Crippen molar-refractivity contribution in [3.8, 4) is 17.3 Å². The van der Waals surface area contributed by atoms with Crippen LogP contribution in [0.25, 0.3) is 11.4 Å². The van der Waals surface area contributed by atoms with Gasteiger partial charge in [0.1, 0.15) is 11.0 Å². The smallest absolute Gasteiger partial charge is 0.218 e. The third kappa shape index (κ3) is 2.28. The highest BCUT2D eigenvalue weighted by molar-refractivity contribution is 6.29. The highest BCUT2D eigenvalue weighted by atomic mass is 35.5. The van der Waals surface area contributed by atoms with Crippen LogP contribution < -0.4 is 4.74 Å². The lowest BCUT2D eigenvalue weighted by molar-refractivity contribution is 0.397. The second-order valence-electron chi connectivity index (χ2n) is 3.06. The summed E-state index contributed by atoms with van der Waals surface area (Å²) in [6.45, 7) is 0. The number of aromatic nitrogens is 2. The maximum absolute atomic E-state index is 12.7. The predicted molar refractivity (Wildman–Crippen MR) is 59.0 cm³/mol. The molecule has 0 unspecified atom stereocenters. The van der Waals surface area contributed by atoms with Crippen LogP contribution in [0.4, 0.5) is 4.39 Å². The third-order valence-electron chi connectivity index (χ3n) is 1.98. The Labute approximate surface area is 96.9 Å². The number of halogens is 2. The number of rotatable bonds is 2. The third-order valence-corrected chi connectivity index (χ3v) is 2.18. The fourth-order valence-electron chi connectivity index (χ4n) is 1.23. The fourth-order valence-corrected chi connectivity index (χ4v) is 1.40. The van der Waals surface area contributed by atoms with Gasteiger partial charge in [0.05, 0.1) is 7.11 Å². The number of hydrogen-bond donors (Lipinski definition) is 0. The van der Waals surface area contributed by atoms with Gasteiger partial charge in [-0.15, -0.1) is 0 Å². The minimum Gasteiger partial charge on any atom is -0.481 e. The molecule has 0 saturated heterocycles.